The quantitative estimate of drug-likeness (QED) is 0.856. The van der Waals surface area contributed by atoms with Crippen LogP contribution in [0.15, 0.2) is 54.6 Å². The SMILES string of the molecule is Cc1ccc(C(O)CNC2CCN(Cc3ccccc3)CC2)cc1. The van der Waals surface area contributed by atoms with Gasteiger partial charge in [-0.25, -0.2) is 0 Å². The first-order valence-electron chi connectivity index (χ1n) is 8.95. The Balaban J connectivity index is 1.40. The summed E-state index contributed by atoms with van der Waals surface area (Å²) >= 11 is 0. The standard InChI is InChI=1S/C21H28N2O/c1-17-7-9-19(10-8-17)21(24)15-22-20-11-13-23(14-12-20)16-18-5-3-2-4-6-18/h2-10,20-22,24H,11-16H2,1H3. The molecule has 0 spiro atoms. The molecule has 0 saturated carbocycles. The molecule has 1 atom stereocenters. The first-order valence-corrected chi connectivity index (χ1v) is 8.95. The van der Waals surface area contributed by atoms with Crippen LogP contribution in [0.5, 0.6) is 0 Å². The van der Waals surface area contributed by atoms with Gasteiger partial charge in [0, 0.05) is 19.1 Å². The van der Waals surface area contributed by atoms with E-state index in [4.69, 9.17) is 0 Å². The zero-order valence-electron chi connectivity index (χ0n) is 14.5. The molecule has 1 heterocycles. The van der Waals surface area contributed by atoms with Crippen LogP contribution < -0.4 is 5.32 Å². The van der Waals surface area contributed by atoms with Crippen LogP contribution in [-0.4, -0.2) is 35.7 Å². The number of likely N-dealkylation sites (tertiary alicyclic amines) is 1. The molecule has 1 saturated heterocycles. The third kappa shape index (κ3) is 4.91. The Morgan fingerprint density at radius 1 is 1.04 bits per heavy atom. The highest BCUT2D eigenvalue weighted by molar-refractivity contribution is 5.23. The van der Waals surface area contributed by atoms with E-state index in [1.165, 1.54) is 11.1 Å². The van der Waals surface area contributed by atoms with Crippen LogP contribution in [0.25, 0.3) is 0 Å². The fourth-order valence-corrected chi connectivity index (χ4v) is 3.32. The minimum atomic E-state index is -0.423. The molecule has 0 amide bonds. The second kappa shape index (κ2) is 8.43. The summed E-state index contributed by atoms with van der Waals surface area (Å²) in [5.74, 6) is 0. The summed E-state index contributed by atoms with van der Waals surface area (Å²) in [6.07, 6.45) is 1.87. The molecule has 0 radical (unpaired) electrons. The summed E-state index contributed by atoms with van der Waals surface area (Å²) in [5, 5.41) is 13.9. The smallest absolute Gasteiger partial charge is 0.0914 e. The molecule has 2 aromatic rings. The molecule has 0 bridgehead atoms. The predicted molar refractivity (Wildman–Crippen MR) is 98.9 cm³/mol. The van der Waals surface area contributed by atoms with Crippen LogP contribution >= 0.6 is 0 Å². The Labute approximate surface area is 145 Å². The van der Waals surface area contributed by atoms with Crippen molar-refractivity contribution in [2.24, 2.45) is 0 Å². The number of hydrogen-bond donors (Lipinski definition) is 2. The van der Waals surface area contributed by atoms with Gasteiger partial charge in [0.25, 0.3) is 0 Å². The van der Waals surface area contributed by atoms with E-state index in [0.29, 0.717) is 12.6 Å². The Bertz CT molecular complexity index is 603. The van der Waals surface area contributed by atoms with Gasteiger partial charge in [-0.1, -0.05) is 60.2 Å². The molecule has 0 aliphatic carbocycles. The maximum Gasteiger partial charge on any atom is 0.0914 e. The van der Waals surface area contributed by atoms with Gasteiger partial charge in [0.15, 0.2) is 0 Å². The van der Waals surface area contributed by atoms with Gasteiger partial charge in [-0.15, -0.1) is 0 Å². The van der Waals surface area contributed by atoms with Gasteiger partial charge in [0.2, 0.25) is 0 Å². The number of aliphatic hydroxyl groups excluding tert-OH is 1. The average molecular weight is 324 g/mol. The van der Waals surface area contributed by atoms with E-state index in [0.717, 1.165) is 38.0 Å². The lowest BCUT2D eigenvalue weighted by Crippen LogP contribution is -2.43. The second-order valence-corrected chi connectivity index (χ2v) is 6.87. The van der Waals surface area contributed by atoms with Crippen LogP contribution in [0, 0.1) is 6.92 Å². The van der Waals surface area contributed by atoms with Gasteiger partial charge in [-0.2, -0.15) is 0 Å². The topological polar surface area (TPSA) is 35.5 Å². The predicted octanol–water partition coefficient (Wildman–Crippen LogP) is 3.28. The minimum Gasteiger partial charge on any atom is -0.387 e. The number of aryl methyl sites for hydroxylation is 1. The third-order valence-corrected chi connectivity index (χ3v) is 4.90. The molecule has 2 N–H and O–H groups in total. The van der Waals surface area contributed by atoms with Crippen LogP contribution in [0.1, 0.15) is 35.6 Å². The van der Waals surface area contributed by atoms with Gasteiger partial charge in [-0.05, 0) is 44.0 Å². The van der Waals surface area contributed by atoms with Crippen LogP contribution in [0.2, 0.25) is 0 Å². The van der Waals surface area contributed by atoms with Gasteiger partial charge in [0.1, 0.15) is 0 Å². The van der Waals surface area contributed by atoms with Crippen molar-refractivity contribution in [3.63, 3.8) is 0 Å². The Hall–Kier alpha value is -1.68. The highest BCUT2D eigenvalue weighted by Gasteiger charge is 2.19. The van der Waals surface area contributed by atoms with Gasteiger partial charge >= 0.3 is 0 Å². The fraction of sp³-hybridized carbons (Fsp3) is 0.429. The third-order valence-electron chi connectivity index (χ3n) is 4.90. The Morgan fingerprint density at radius 3 is 2.38 bits per heavy atom. The lowest BCUT2D eigenvalue weighted by atomic mass is 10.0. The maximum atomic E-state index is 10.3. The minimum absolute atomic E-state index is 0.423. The Morgan fingerprint density at radius 2 is 1.71 bits per heavy atom. The van der Waals surface area contributed by atoms with E-state index in [1.807, 2.05) is 12.1 Å². The van der Waals surface area contributed by atoms with Crippen molar-refractivity contribution < 1.29 is 5.11 Å². The van der Waals surface area contributed by atoms with Crippen LogP contribution in [0.4, 0.5) is 0 Å². The van der Waals surface area contributed by atoms with Crippen molar-refractivity contribution in [2.45, 2.75) is 38.5 Å². The number of hydrogen-bond acceptors (Lipinski definition) is 3. The molecular formula is C21H28N2O. The molecule has 2 aromatic carbocycles. The summed E-state index contributed by atoms with van der Waals surface area (Å²) in [6.45, 7) is 5.98. The van der Waals surface area contributed by atoms with Crippen molar-refractivity contribution in [1.82, 2.24) is 10.2 Å². The molecule has 3 heteroatoms. The van der Waals surface area contributed by atoms with E-state index >= 15 is 0 Å². The summed E-state index contributed by atoms with van der Waals surface area (Å²) < 4.78 is 0. The molecule has 3 rings (SSSR count). The number of benzene rings is 2. The summed E-state index contributed by atoms with van der Waals surface area (Å²) in [5.41, 5.74) is 3.61. The van der Waals surface area contributed by atoms with E-state index in [-0.39, 0.29) is 0 Å². The zero-order valence-corrected chi connectivity index (χ0v) is 14.5. The van der Waals surface area contributed by atoms with E-state index < -0.39 is 6.10 Å². The van der Waals surface area contributed by atoms with Gasteiger partial charge in [0.05, 0.1) is 6.10 Å². The molecule has 1 aliphatic rings. The van der Waals surface area contributed by atoms with Crippen molar-refractivity contribution >= 4 is 0 Å². The summed E-state index contributed by atoms with van der Waals surface area (Å²) in [7, 11) is 0. The zero-order chi connectivity index (χ0) is 16.8. The largest absolute Gasteiger partial charge is 0.387 e. The van der Waals surface area contributed by atoms with E-state index in [1.54, 1.807) is 0 Å². The van der Waals surface area contributed by atoms with Crippen molar-refractivity contribution in [2.75, 3.05) is 19.6 Å². The number of aliphatic hydroxyl groups is 1. The van der Waals surface area contributed by atoms with E-state index in [9.17, 15) is 5.11 Å². The Kier molecular flexibility index (Phi) is 6.02. The molecule has 3 nitrogen and oxygen atoms in total. The van der Waals surface area contributed by atoms with Crippen molar-refractivity contribution in [3.8, 4) is 0 Å². The number of nitrogens with zero attached hydrogens (tertiary/aromatic N) is 1. The molecule has 1 fully saturated rings. The first kappa shape index (κ1) is 17.2. The highest BCUT2D eigenvalue weighted by Crippen LogP contribution is 2.16. The molecule has 1 unspecified atom stereocenters. The van der Waals surface area contributed by atoms with E-state index in [2.05, 4.69) is 59.6 Å². The molecular weight excluding hydrogens is 296 g/mol. The van der Waals surface area contributed by atoms with Crippen LogP contribution in [-0.2, 0) is 6.54 Å². The normalized spacial score (nSPS) is 17.8. The van der Waals surface area contributed by atoms with Gasteiger partial charge < -0.3 is 10.4 Å². The lowest BCUT2D eigenvalue weighted by Gasteiger charge is -2.33. The van der Waals surface area contributed by atoms with Crippen molar-refractivity contribution in [1.29, 1.82) is 0 Å². The fourth-order valence-electron chi connectivity index (χ4n) is 3.32. The monoisotopic (exact) mass is 324 g/mol. The molecule has 1 aliphatic heterocycles. The summed E-state index contributed by atoms with van der Waals surface area (Å²) in [4.78, 5) is 2.52. The molecule has 24 heavy (non-hydrogen) atoms. The molecule has 128 valence electrons. The summed E-state index contributed by atoms with van der Waals surface area (Å²) in [6, 6.07) is 19.3. The lowest BCUT2D eigenvalue weighted by molar-refractivity contribution is 0.149. The average Bonchev–Trinajstić information content (AvgIpc) is 2.62. The van der Waals surface area contributed by atoms with Crippen molar-refractivity contribution in [3.05, 3.63) is 71.3 Å². The number of rotatable bonds is 6. The maximum absolute atomic E-state index is 10.3. The number of piperidine rings is 1. The van der Waals surface area contributed by atoms with Gasteiger partial charge in [-0.3, -0.25) is 4.90 Å². The number of nitrogens with one attached hydrogen (secondary N) is 1. The highest BCUT2D eigenvalue weighted by atomic mass is 16.3. The van der Waals surface area contributed by atoms with Crippen LogP contribution in [0.3, 0.4) is 0 Å². The first-order chi connectivity index (χ1) is 11.7. The second-order valence-electron chi connectivity index (χ2n) is 6.87. The molecule has 0 aromatic heterocycles.